The van der Waals surface area contributed by atoms with Gasteiger partial charge >= 0.3 is 0 Å². The fraction of sp³-hybridized carbons (Fsp3) is 0.500. The van der Waals surface area contributed by atoms with Crippen molar-refractivity contribution < 1.29 is 47.0 Å². The molecule has 0 aromatic heterocycles. The second kappa shape index (κ2) is 12.0. The molecule has 0 radical (unpaired) electrons. The lowest BCUT2D eigenvalue weighted by Crippen LogP contribution is -2.56. The number of amides is 2. The molecule has 2 saturated heterocycles. The molecule has 2 aromatic carbocycles. The van der Waals surface area contributed by atoms with Crippen LogP contribution in [-0.4, -0.2) is 58.1 Å². The molecule has 4 heterocycles. The molecule has 4 aliphatic heterocycles. The maximum absolute atomic E-state index is 13.9. The van der Waals surface area contributed by atoms with Gasteiger partial charge in [0.2, 0.25) is 26.4 Å². The van der Waals surface area contributed by atoms with Crippen LogP contribution in [0.2, 0.25) is 0 Å². The molecule has 254 valence electrons. The van der Waals surface area contributed by atoms with Crippen molar-refractivity contribution in [3.8, 4) is 23.6 Å². The second-order valence-electron chi connectivity index (χ2n) is 13.4. The summed E-state index contributed by atoms with van der Waals surface area (Å²) in [7, 11) is -12.1. The molecular formula is C32H34N4O10P2-2. The van der Waals surface area contributed by atoms with Crippen molar-refractivity contribution in [2.75, 3.05) is 13.1 Å². The number of nitrogens with zero attached hydrogens (tertiary/aromatic N) is 4. The van der Waals surface area contributed by atoms with Crippen LogP contribution >= 0.6 is 14.6 Å². The minimum Gasteiger partial charge on any atom is -0.772 e. The Bertz CT molecular complexity index is 1730. The molecule has 4 aliphatic rings. The first-order valence-corrected chi connectivity index (χ1v) is 19.3. The van der Waals surface area contributed by atoms with E-state index >= 15 is 0 Å². The molecule has 2 aromatic rings. The fourth-order valence-corrected chi connectivity index (χ4v) is 9.86. The fourth-order valence-electron chi connectivity index (χ4n) is 7.01. The average molecular weight is 697 g/mol. The zero-order valence-corrected chi connectivity index (χ0v) is 28.6. The molecule has 0 bridgehead atoms. The van der Waals surface area contributed by atoms with E-state index in [1.165, 1.54) is 73.9 Å². The van der Waals surface area contributed by atoms with Gasteiger partial charge in [-0.05, 0) is 76.9 Å². The molecule has 14 nitrogen and oxygen atoms in total. The number of hydrogen-bond acceptors (Lipinski definition) is 12. The predicted molar refractivity (Wildman–Crippen MR) is 164 cm³/mol. The molecule has 0 saturated carbocycles. The van der Waals surface area contributed by atoms with Crippen LogP contribution < -0.4 is 19.3 Å². The number of carbonyl (C=O) groups is 2. The van der Waals surface area contributed by atoms with Gasteiger partial charge in [0.1, 0.15) is 34.9 Å². The van der Waals surface area contributed by atoms with E-state index < -0.39 is 50.1 Å². The van der Waals surface area contributed by atoms with Crippen molar-refractivity contribution in [2.45, 2.75) is 88.9 Å². The third kappa shape index (κ3) is 5.81. The topological polar surface area (TPSA) is 205 Å². The van der Waals surface area contributed by atoms with E-state index in [0.717, 1.165) is 0 Å². The van der Waals surface area contributed by atoms with Gasteiger partial charge in [-0.2, -0.15) is 10.5 Å². The number of benzene rings is 2. The van der Waals surface area contributed by atoms with E-state index in [4.69, 9.17) is 18.5 Å². The highest BCUT2D eigenvalue weighted by Crippen LogP contribution is 2.75. The molecule has 48 heavy (non-hydrogen) atoms. The van der Waals surface area contributed by atoms with E-state index in [9.17, 15) is 39.0 Å². The maximum atomic E-state index is 13.9. The van der Waals surface area contributed by atoms with Gasteiger partial charge in [-0.25, -0.2) is 0 Å². The number of nitriles is 2. The number of carbonyl (C=O) groups excluding carboxylic acids is 2. The van der Waals surface area contributed by atoms with Crippen molar-refractivity contribution in [3.63, 3.8) is 0 Å². The Morgan fingerprint density at radius 3 is 1.44 bits per heavy atom. The summed E-state index contributed by atoms with van der Waals surface area (Å²) in [5, 5.41) is 19.1. The first-order chi connectivity index (χ1) is 22.5. The van der Waals surface area contributed by atoms with E-state index in [1.54, 1.807) is 0 Å². The molecule has 2 amide bonds. The van der Waals surface area contributed by atoms with E-state index in [-0.39, 0.29) is 48.9 Å². The molecule has 16 heteroatoms. The summed E-state index contributed by atoms with van der Waals surface area (Å²) in [4.78, 5) is 56.8. The lowest BCUT2D eigenvalue weighted by molar-refractivity contribution is -0.238. The Hall–Kier alpha value is -3.74. The monoisotopic (exact) mass is 696 g/mol. The Labute approximate surface area is 277 Å². The average Bonchev–Trinajstić information content (AvgIpc) is 3.64. The summed E-state index contributed by atoms with van der Waals surface area (Å²) in [5.74, 6) is -0.00556. The summed E-state index contributed by atoms with van der Waals surface area (Å²) >= 11 is 0. The highest BCUT2D eigenvalue weighted by atomic mass is 32.1. The van der Waals surface area contributed by atoms with Crippen LogP contribution in [0.25, 0.3) is 0 Å². The number of hydrogen-bond donors (Lipinski definition) is 0. The lowest BCUT2D eigenvalue weighted by Gasteiger charge is -2.52. The largest absolute Gasteiger partial charge is 0.772 e. The number of fused-ring (bicyclic) bond motifs is 2. The van der Waals surface area contributed by atoms with Crippen LogP contribution in [0.3, 0.4) is 0 Å². The molecule has 6 atom stereocenters. The molecular weight excluding hydrogens is 662 g/mol. The van der Waals surface area contributed by atoms with Crippen LogP contribution in [0.15, 0.2) is 36.4 Å². The quantitative estimate of drug-likeness (QED) is 0.381. The summed E-state index contributed by atoms with van der Waals surface area (Å²) in [5.41, 5.74) is -1.93. The Morgan fingerprint density at radius 2 is 1.12 bits per heavy atom. The first kappa shape index (κ1) is 34.1. The van der Waals surface area contributed by atoms with Gasteiger partial charge in [-0.15, -0.1) is 0 Å². The van der Waals surface area contributed by atoms with Crippen molar-refractivity contribution in [3.05, 3.63) is 58.7 Å². The summed E-state index contributed by atoms with van der Waals surface area (Å²) in [6.07, 6.45) is -1.79. The van der Waals surface area contributed by atoms with Crippen LogP contribution in [0.5, 0.6) is 11.5 Å². The van der Waals surface area contributed by atoms with E-state index in [2.05, 4.69) is 0 Å². The van der Waals surface area contributed by atoms with E-state index in [1.807, 2.05) is 12.1 Å². The third-order valence-electron chi connectivity index (χ3n) is 9.29. The zero-order valence-electron chi connectivity index (χ0n) is 26.8. The smallest absolute Gasteiger partial charge is 0.223 e. The lowest BCUT2D eigenvalue weighted by atomic mass is 9.85. The standard InChI is InChI=1S/C32H36N4O10P2/c1-31(2)29(27(35-13-5-7-25(35)37)21-15-19(17-33)9-11-23(21)43-31)45-47(39,40)48(41,42)46-30-28(36-14-6-8-26(36)38)22-16-20(18-34)10-12-24(22)44-32(30,3)4/h9-12,15-16,27-30H,5-8,13-14H2,1-4H3,(H,39,40)(H,41,42)/p-2/t27-,28-,29+,30+/m1/s1. The molecule has 0 spiro atoms. The molecule has 2 fully saturated rings. The zero-order chi connectivity index (χ0) is 34.8. The highest BCUT2D eigenvalue weighted by Gasteiger charge is 2.54. The van der Waals surface area contributed by atoms with Gasteiger partial charge in [0.05, 0.1) is 35.3 Å². The SMILES string of the molecule is CC1(C)Oc2ccc(C#N)cc2[C@@H](N2CCCC2=O)[C@@H]1OP(=O)([O-])P(=O)([O-])O[C@H]1[C@H](N2CCCC2=O)c2cc(C#N)ccc2OC1(C)C. The Morgan fingerprint density at radius 1 is 0.750 bits per heavy atom. The van der Waals surface area contributed by atoms with Gasteiger partial charge < -0.3 is 38.1 Å². The van der Waals surface area contributed by atoms with E-state index in [0.29, 0.717) is 35.5 Å². The summed E-state index contributed by atoms with van der Waals surface area (Å²) < 4.78 is 51.3. The summed E-state index contributed by atoms with van der Waals surface area (Å²) in [6, 6.07) is 10.8. The molecule has 2 unspecified atom stereocenters. The number of ether oxygens (including phenoxy) is 2. The minimum absolute atomic E-state index is 0.193. The van der Waals surface area contributed by atoms with Gasteiger partial charge in [-0.3, -0.25) is 18.7 Å². The molecule has 0 aliphatic carbocycles. The maximum Gasteiger partial charge on any atom is 0.223 e. The van der Waals surface area contributed by atoms with Crippen molar-refractivity contribution >= 4 is 26.4 Å². The molecule has 6 rings (SSSR count). The Kier molecular flexibility index (Phi) is 8.53. The van der Waals surface area contributed by atoms with Crippen molar-refractivity contribution in [1.82, 2.24) is 9.80 Å². The number of likely N-dealkylation sites (tertiary alicyclic amines) is 2. The van der Waals surface area contributed by atoms with Crippen LogP contribution in [-0.2, 0) is 27.8 Å². The first-order valence-electron chi connectivity index (χ1n) is 15.5. The van der Waals surface area contributed by atoms with Gasteiger partial charge in [0.15, 0.2) is 0 Å². The second-order valence-corrected chi connectivity index (χ2v) is 18.6. The van der Waals surface area contributed by atoms with Gasteiger partial charge in [0.25, 0.3) is 0 Å². The van der Waals surface area contributed by atoms with Crippen molar-refractivity contribution in [1.29, 1.82) is 10.5 Å². The summed E-state index contributed by atoms with van der Waals surface area (Å²) in [6.45, 7) is 6.54. The van der Waals surface area contributed by atoms with Crippen LogP contribution in [0.4, 0.5) is 0 Å². The van der Waals surface area contributed by atoms with Crippen LogP contribution in [0, 0.1) is 22.7 Å². The third-order valence-corrected chi connectivity index (χ3v) is 13.2. The van der Waals surface area contributed by atoms with Gasteiger partial charge in [-0.1, -0.05) is 0 Å². The van der Waals surface area contributed by atoms with Crippen molar-refractivity contribution in [2.24, 2.45) is 0 Å². The normalized spacial score (nSPS) is 28.2. The molecule has 0 N–H and O–H groups in total. The Balaban J connectivity index is 1.39. The minimum atomic E-state index is -6.03. The number of rotatable bonds is 7. The highest BCUT2D eigenvalue weighted by molar-refractivity contribution is 8.25. The van der Waals surface area contributed by atoms with Gasteiger partial charge in [0, 0.05) is 37.1 Å². The predicted octanol–water partition coefficient (Wildman–Crippen LogP) is 3.59. The van der Waals surface area contributed by atoms with Crippen LogP contribution in [0.1, 0.15) is 87.7 Å².